The third kappa shape index (κ3) is 5.13. The van der Waals surface area contributed by atoms with Crippen molar-refractivity contribution in [2.75, 3.05) is 46.9 Å². The van der Waals surface area contributed by atoms with Crippen molar-refractivity contribution in [2.24, 2.45) is 0 Å². The van der Waals surface area contributed by atoms with Gasteiger partial charge in [0.25, 0.3) is 0 Å². The summed E-state index contributed by atoms with van der Waals surface area (Å²) in [6.45, 7) is 11.9. The molecule has 2 aromatic rings. The van der Waals surface area contributed by atoms with Crippen LogP contribution in [0.25, 0.3) is 0 Å². The Labute approximate surface area is 173 Å². The van der Waals surface area contributed by atoms with Crippen LogP contribution < -0.4 is 9.47 Å². The molecule has 1 aliphatic rings. The SMILES string of the molecule is C=CCN1CCN([C@H](CC)c2nnnn2CCc2ccc(OC)c(OC)c2)CC1. The lowest BCUT2D eigenvalue weighted by Crippen LogP contribution is -2.47. The molecule has 0 radical (unpaired) electrons. The third-order valence-corrected chi connectivity index (χ3v) is 5.54. The van der Waals surface area contributed by atoms with Crippen LogP contribution in [0.15, 0.2) is 30.9 Å². The molecule has 29 heavy (non-hydrogen) atoms. The summed E-state index contributed by atoms with van der Waals surface area (Å²) in [5, 5.41) is 12.6. The Morgan fingerprint density at radius 3 is 2.55 bits per heavy atom. The molecule has 2 heterocycles. The second kappa shape index (κ2) is 10.4. The van der Waals surface area contributed by atoms with Crippen molar-refractivity contribution in [1.29, 1.82) is 0 Å². The van der Waals surface area contributed by atoms with Crippen LogP contribution in [0.3, 0.4) is 0 Å². The van der Waals surface area contributed by atoms with E-state index in [2.05, 4.69) is 44.9 Å². The molecule has 1 atom stereocenters. The minimum Gasteiger partial charge on any atom is -0.493 e. The first kappa shape index (κ1) is 21.3. The number of ether oxygens (including phenoxy) is 2. The zero-order valence-corrected chi connectivity index (χ0v) is 17.8. The largest absolute Gasteiger partial charge is 0.493 e. The van der Waals surface area contributed by atoms with Crippen LogP contribution in [0.4, 0.5) is 0 Å². The van der Waals surface area contributed by atoms with E-state index < -0.39 is 0 Å². The van der Waals surface area contributed by atoms with Crippen molar-refractivity contribution in [3.8, 4) is 11.5 Å². The molecule has 8 nitrogen and oxygen atoms in total. The van der Waals surface area contributed by atoms with Gasteiger partial charge in [-0.2, -0.15) is 0 Å². The minimum atomic E-state index is 0.237. The number of aryl methyl sites for hydroxylation is 2. The van der Waals surface area contributed by atoms with Gasteiger partial charge in [0.15, 0.2) is 17.3 Å². The van der Waals surface area contributed by atoms with Crippen molar-refractivity contribution in [1.82, 2.24) is 30.0 Å². The molecule has 0 saturated carbocycles. The van der Waals surface area contributed by atoms with Crippen molar-refractivity contribution < 1.29 is 9.47 Å². The van der Waals surface area contributed by atoms with Gasteiger partial charge in [0.2, 0.25) is 0 Å². The summed E-state index contributed by atoms with van der Waals surface area (Å²) in [5.74, 6) is 2.43. The lowest BCUT2D eigenvalue weighted by atomic mass is 10.1. The lowest BCUT2D eigenvalue weighted by Gasteiger charge is -2.38. The Morgan fingerprint density at radius 2 is 1.90 bits per heavy atom. The molecule has 0 aliphatic carbocycles. The molecule has 0 N–H and O–H groups in total. The second-order valence-corrected chi connectivity index (χ2v) is 7.25. The fourth-order valence-electron chi connectivity index (χ4n) is 3.92. The van der Waals surface area contributed by atoms with E-state index in [9.17, 15) is 0 Å². The van der Waals surface area contributed by atoms with E-state index in [4.69, 9.17) is 9.47 Å². The van der Waals surface area contributed by atoms with Gasteiger partial charge in [-0.25, -0.2) is 4.68 Å². The van der Waals surface area contributed by atoms with E-state index in [1.807, 2.05) is 22.9 Å². The Hall–Kier alpha value is -2.45. The van der Waals surface area contributed by atoms with E-state index >= 15 is 0 Å². The number of tetrazole rings is 1. The van der Waals surface area contributed by atoms with Crippen molar-refractivity contribution >= 4 is 0 Å². The number of hydrogen-bond acceptors (Lipinski definition) is 7. The van der Waals surface area contributed by atoms with Gasteiger partial charge in [0.1, 0.15) is 0 Å². The summed E-state index contributed by atoms with van der Waals surface area (Å²) in [6.07, 6.45) is 3.78. The van der Waals surface area contributed by atoms with Crippen molar-refractivity contribution in [3.63, 3.8) is 0 Å². The van der Waals surface area contributed by atoms with Gasteiger partial charge in [-0.05, 0) is 41.0 Å². The molecule has 3 rings (SSSR count). The first-order valence-electron chi connectivity index (χ1n) is 10.2. The van der Waals surface area contributed by atoms with Crippen LogP contribution in [0.5, 0.6) is 11.5 Å². The smallest absolute Gasteiger partial charge is 0.168 e. The summed E-state index contributed by atoms with van der Waals surface area (Å²) in [4.78, 5) is 4.93. The van der Waals surface area contributed by atoms with Crippen LogP contribution in [0.1, 0.15) is 30.8 Å². The van der Waals surface area contributed by atoms with Gasteiger partial charge in [0, 0.05) is 39.3 Å². The summed E-state index contributed by atoms with van der Waals surface area (Å²) in [7, 11) is 3.30. The third-order valence-electron chi connectivity index (χ3n) is 5.54. The van der Waals surface area contributed by atoms with E-state index in [1.165, 1.54) is 0 Å². The van der Waals surface area contributed by atoms with Crippen LogP contribution in [-0.2, 0) is 13.0 Å². The van der Waals surface area contributed by atoms with E-state index in [-0.39, 0.29) is 6.04 Å². The zero-order chi connectivity index (χ0) is 20.6. The zero-order valence-electron chi connectivity index (χ0n) is 17.8. The maximum Gasteiger partial charge on any atom is 0.168 e. The molecule has 8 heteroatoms. The standard InChI is InChI=1S/C21H32N6O2/c1-5-10-25-12-14-26(15-13-25)18(6-2)21-22-23-24-27(21)11-9-17-7-8-19(28-3)20(16-17)29-4/h5,7-8,16,18H,1,6,9-15H2,2-4H3/t18-/m1/s1. The average molecular weight is 401 g/mol. The highest BCUT2D eigenvalue weighted by atomic mass is 16.5. The summed E-state index contributed by atoms with van der Waals surface area (Å²) < 4.78 is 12.7. The maximum atomic E-state index is 5.41. The number of hydrogen-bond donors (Lipinski definition) is 0. The van der Waals surface area contributed by atoms with E-state index in [0.29, 0.717) is 0 Å². The minimum absolute atomic E-state index is 0.237. The molecule has 0 amide bonds. The molecule has 1 saturated heterocycles. The Bertz CT molecular complexity index is 785. The predicted molar refractivity (Wildman–Crippen MR) is 112 cm³/mol. The van der Waals surface area contributed by atoms with Gasteiger partial charge >= 0.3 is 0 Å². The Kier molecular flexibility index (Phi) is 7.60. The van der Waals surface area contributed by atoms with Gasteiger partial charge in [-0.15, -0.1) is 11.7 Å². The number of methoxy groups -OCH3 is 2. The summed E-state index contributed by atoms with van der Waals surface area (Å²) in [6, 6.07) is 6.24. The van der Waals surface area contributed by atoms with Crippen LogP contribution in [0.2, 0.25) is 0 Å². The Balaban J connectivity index is 1.66. The van der Waals surface area contributed by atoms with E-state index in [1.54, 1.807) is 14.2 Å². The number of aromatic nitrogens is 4. The highest BCUT2D eigenvalue weighted by Crippen LogP contribution is 2.28. The van der Waals surface area contributed by atoms with Gasteiger partial charge < -0.3 is 9.47 Å². The lowest BCUT2D eigenvalue weighted by molar-refractivity contribution is 0.0946. The number of rotatable bonds is 10. The molecule has 1 aliphatic heterocycles. The topological polar surface area (TPSA) is 68.5 Å². The fraction of sp³-hybridized carbons (Fsp3) is 0.571. The second-order valence-electron chi connectivity index (χ2n) is 7.25. The maximum absolute atomic E-state index is 5.41. The molecule has 1 aromatic heterocycles. The van der Waals surface area contributed by atoms with Crippen molar-refractivity contribution in [3.05, 3.63) is 42.2 Å². The van der Waals surface area contributed by atoms with Crippen LogP contribution in [-0.4, -0.2) is 77.0 Å². The number of benzene rings is 1. The molecule has 0 bridgehead atoms. The Morgan fingerprint density at radius 1 is 1.14 bits per heavy atom. The van der Waals surface area contributed by atoms with Crippen LogP contribution in [0, 0.1) is 0 Å². The quantitative estimate of drug-likeness (QED) is 0.566. The normalized spacial score (nSPS) is 16.5. The molecule has 1 fully saturated rings. The van der Waals surface area contributed by atoms with Gasteiger partial charge in [0.05, 0.1) is 20.3 Å². The molecule has 1 aromatic carbocycles. The first-order valence-corrected chi connectivity index (χ1v) is 10.2. The summed E-state index contributed by atoms with van der Waals surface area (Å²) in [5.41, 5.74) is 1.16. The number of nitrogens with zero attached hydrogens (tertiary/aromatic N) is 6. The van der Waals surface area contributed by atoms with Crippen LogP contribution >= 0.6 is 0 Å². The molecular formula is C21H32N6O2. The molecule has 158 valence electrons. The fourth-order valence-corrected chi connectivity index (χ4v) is 3.92. The molecular weight excluding hydrogens is 368 g/mol. The predicted octanol–water partition coefficient (Wildman–Crippen LogP) is 2.19. The number of piperazine rings is 1. The summed E-state index contributed by atoms with van der Waals surface area (Å²) >= 11 is 0. The first-order chi connectivity index (χ1) is 14.2. The van der Waals surface area contributed by atoms with E-state index in [0.717, 1.165) is 75.0 Å². The van der Waals surface area contributed by atoms with Crippen molar-refractivity contribution in [2.45, 2.75) is 32.4 Å². The highest BCUT2D eigenvalue weighted by molar-refractivity contribution is 5.42. The van der Waals surface area contributed by atoms with Gasteiger partial charge in [-0.3, -0.25) is 9.80 Å². The highest BCUT2D eigenvalue weighted by Gasteiger charge is 2.27. The molecule has 0 unspecified atom stereocenters. The van der Waals surface area contributed by atoms with Gasteiger partial charge in [-0.1, -0.05) is 19.1 Å². The molecule has 0 spiro atoms. The monoisotopic (exact) mass is 400 g/mol. The average Bonchev–Trinajstić information content (AvgIpc) is 3.22.